The largest absolute Gasteiger partial charge is 0.394 e. The maximum absolute atomic E-state index is 13.6. The van der Waals surface area contributed by atoms with Gasteiger partial charge in [0.05, 0.1) is 57.9 Å². The average Bonchev–Trinajstić information content (AvgIpc) is 0.764. The van der Waals surface area contributed by atoms with Crippen molar-refractivity contribution in [3.05, 3.63) is 12.2 Å². The van der Waals surface area contributed by atoms with Gasteiger partial charge in [-0.15, -0.1) is 0 Å². The van der Waals surface area contributed by atoms with Crippen molar-refractivity contribution >= 4 is 11.8 Å². The number of ether oxygens (including phenoxy) is 12. The van der Waals surface area contributed by atoms with Gasteiger partial charge in [-0.3, -0.25) is 9.59 Å². The van der Waals surface area contributed by atoms with E-state index in [-0.39, 0.29) is 12.3 Å². The Kier molecular flexibility index (Phi) is 43.7. The van der Waals surface area contributed by atoms with Crippen molar-refractivity contribution in [3.63, 3.8) is 0 Å². The maximum Gasteiger partial charge on any atom is 0.220 e. The predicted octanol–water partition coefficient (Wildman–Crippen LogP) is -1.54. The highest BCUT2D eigenvalue weighted by Gasteiger charge is 2.59. The van der Waals surface area contributed by atoms with Crippen LogP contribution in [0.25, 0.3) is 0 Å². The summed E-state index contributed by atoms with van der Waals surface area (Å²) in [6.45, 7) is 1.24. The van der Waals surface area contributed by atoms with E-state index in [1.165, 1.54) is 116 Å². The number of allylic oxidation sites excluding steroid dienone is 1. The molecule has 0 aromatic rings. The second kappa shape index (κ2) is 50.1. The van der Waals surface area contributed by atoms with Crippen molar-refractivity contribution in [2.75, 3.05) is 39.6 Å². The number of aliphatic hydroxyl groups excluding tert-OH is 18. The summed E-state index contributed by atoms with van der Waals surface area (Å²) in [5.41, 5.74) is 0. The van der Waals surface area contributed by atoms with Crippen LogP contribution >= 0.6 is 0 Å². The quantitative estimate of drug-likeness (QED) is 0.0242. The highest BCUT2D eigenvalue weighted by Crippen LogP contribution is 2.39. The molecule has 0 saturated carbocycles. The van der Waals surface area contributed by atoms with Crippen molar-refractivity contribution in [2.45, 2.75) is 404 Å². The summed E-state index contributed by atoms with van der Waals surface area (Å²) in [4.78, 5) is 26.9. The van der Waals surface area contributed by atoms with Crippen LogP contribution in [0.15, 0.2) is 12.2 Å². The topological polar surface area (TPSA) is 533 Å². The Balaban J connectivity index is 1.15. The lowest BCUT2D eigenvalue weighted by Gasteiger charge is -2.52. The molecule has 2 amide bonds. The van der Waals surface area contributed by atoms with Gasteiger partial charge in [0.25, 0.3) is 0 Å². The van der Waals surface area contributed by atoms with Crippen molar-refractivity contribution in [1.29, 1.82) is 0 Å². The summed E-state index contributed by atoms with van der Waals surface area (Å²) < 4.78 is 71.7. The maximum atomic E-state index is 13.6. The third-order valence-electron chi connectivity index (χ3n) is 21.3. The third-order valence-corrected chi connectivity index (χ3v) is 21.3. The number of aliphatic hydroxyl groups is 18. The molecule has 32 atom stereocenters. The molecule has 6 heterocycles. The van der Waals surface area contributed by atoms with Gasteiger partial charge in [-0.2, -0.15) is 0 Å². The van der Waals surface area contributed by atoms with Crippen LogP contribution in [0, 0.1) is 0 Å². The second-order valence-corrected chi connectivity index (χ2v) is 29.9. The van der Waals surface area contributed by atoms with Crippen LogP contribution in [-0.2, 0) is 66.4 Å². The Labute approximate surface area is 634 Å². The molecule has 6 saturated heterocycles. The molecule has 34 heteroatoms. The van der Waals surface area contributed by atoms with Gasteiger partial charge in [0, 0.05) is 13.3 Å². The highest BCUT2D eigenvalue weighted by atomic mass is 16.8. The molecule has 6 rings (SSSR count). The Morgan fingerprint density at radius 2 is 0.741 bits per heavy atom. The van der Waals surface area contributed by atoms with E-state index in [0.717, 1.165) is 58.3 Å². The van der Waals surface area contributed by atoms with Crippen LogP contribution in [-0.4, -0.2) is 340 Å². The Morgan fingerprint density at radius 1 is 0.380 bits per heavy atom. The molecule has 0 spiro atoms. The summed E-state index contributed by atoms with van der Waals surface area (Å²) in [5, 5.41) is 205. The minimum absolute atomic E-state index is 0.170. The molecule has 34 nitrogen and oxygen atoms in total. The Bertz CT molecular complexity index is 2450. The monoisotopic (exact) mass is 1560 g/mol. The molecular formula is C74H134N2O32. The average molecular weight is 1560 g/mol. The lowest BCUT2D eigenvalue weighted by Crippen LogP contribution is -2.71. The number of amides is 2. The van der Waals surface area contributed by atoms with E-state index in [2.05, 4.69) is 24.5 Å². The fourth-order valence-corrected chi connectivity index (χ4v) is 14.6. The molecule has 0 aromatic heterocycles. The Hall–Kier alpha value is -2.52. The zero-order chi connectivity index (χ0) is 79.0. The first-order valence-electron chi connectivity index (χ1n) is 39.8. The molecule has 0 aliphatic carbocycles. The molecule has 0 aromatic carbocycles. The normalized spacial score (nSPS) is 38.2. The molecule has 6 aliphatic heterocycles. The van der Waals surface area contributed by atoms with E-state index in [0.29, 0.717) is 12.8 Å². The first-order valence-corrected chi connectivity index (χ1v) is 39.8. The van der Waals surface area contributed by atoms with Crippen LogP contribution in [0.5, 0.6) is 0 Å². The summed E-state index contributed by atoms with van der Waals surface area (Å²) in [6, 6.07) is -2.97. The minimum atomic E-state index is -2.25. The second-order valence-electron chi connectivity index (χ2n) is 29.9. The summed E-state index contributed by atoms with van der Waals surface area (Å²) in [5.74, 6) is -1.25. The molecule has 108 heavy (non-hydrogen) atoms. The van der Waals surface area contributed by atoms with E-state index in [9.17, 15) is 102 Å². The van der Waals surface area contributed by atoms with E-state index in [1.54, 1.807) is 6.08 Å². The van der Waals surface area contributed by atoms with Crippen molar-refractivity contribution in [3.8, 4) is 0 Å². The van der Waals surface area contributed by atoms with Gasteiger partial charge in [0.15, 0.2) is 37.7 Å². The van der Waals surface area contributed by atoms with Crippen LogP contribution < -0.4 is 10.6 Å². The number of rotatable bonds is 50. The number of unbranched alkanes of at least 4 members (excludes halogenated alkanes) is 25. The van der Waals surface area contributed by atoms with Crippen molar-refractivity contribution in [2.24, 2.45) is 0 Å². The summed E-state index contributed by atoms with van der Waals surface area (Å²) in [7, 11) is 0. The van der Waals surface area contributed by atoms with Gasteiger partial charge < -0.3 is 159 Å². The molecule has 632 valence electrons. The minimum Gasteiger partial charge on any atom is -0.394 e. The number of hydrogen-bond acceptors (Lipinski definition) is 32. The van der Waals surface area contributed by atoms with Gasteiger partial charge >= 0.3 is 0 Å². The van der Waals surface area contributed by atoms with Crippen LogP contribution in [0.1, 0.15) is 207 Å². The number of carbonyl (C=O) groups is 2. The summed E-state index contributed by atoms with van der Waals surface area (Å²) >= 11 is 0. The van der Waals surface area contributed by atoms with Crippen LogP contribution in [0.4, 0.5) is 0 Å². The zero-order valence-corrected chi connectivity index (χ0v) is 63.4. The lowest BCUT2D eigenvalue weighted by molar-refractivity contribution is -0.397. The van der Waals surface area contributed by atoms with Gasteiger partial charge in [-0.25, -0.2) is 0 Å². The lowest BCUT2D eigenvalue weighted by atomic mass is 9.93. The first kappa shape index (κ1) is 94.3. The van der Waals surface area contributed by atoms with Gasteiger partial charge in [0.1, 0.15) is 140 Å². The van der Waals surface area contributed by atoms with E-state index in [1.807, 2.05) is 6.08 Å². The summed E-state index contributed by atoms with van der Waals surface area (Å²) in [6.07, 6.45) is -22.8. The molecular weight excluding hydrogens is 1430 g/mol. The fraction of sp³-hybridized carbons (Fsp3) is 0.946. The van der Waals surface area contributed by atoms with Crippen LogP contribution in [0.3, 0.4) is 0 Å². The SMILES string of the molecule is CCCCCCCCCCCCC/C=C/[C@@H](O)[C@H](CO[C@@H]1OC(CO)[C@@H](O[C@@H]2OC(CO)[C@H](O)[C@H](O[C@@H]3OC(CO)[C@@H](O[C@@H]4OC(CO)[C@H](O)[C@H](O[C@H]5OC(CO)[C@H](O)[C@H](O)C5O)C4O)[C@H](O[C@H]4OC(C)[C@@H](O)C(O)[C@@H]4O)C3NC(C)=O)C2O)[C@H](O)C1O)NC(=O)CCCCCCCCCCCCCCCCC. The third kappa shape index (κ3) is 28.2. The molecule has 6 fully saturated rings. The molecule has 20 N–H and O–H groups in total. The number of nitrogens with one attached hydrogen (secondary N) is 2. The van der Waals surface area contributed by atoms with Crippen LogP contribution in [0.2, 0.25) is 0 Å². The molecule has 12 unspecified atom stereocenters. The Morgan fingerprint density at radius 3 is 1.21 bits per heavy atom. The standard InChI is InChI=1S/C74H134N2O32/c1-5-7-9-11-13-15-17-19-20-22-24-26-28-30-32-34-50(84)76-43(44(83)33-31-29-27-25-23-21-18-16-14-12-10-8-6-2)40-97-70-61(94)58(91)64(48(38-80)103-70)104-73-62(95)67(54(87)46(36-78)100-73)107-69-51(75-42(4)82)66(106-71-59(92)56(89)52(85)41(3)98-71)65(49(39-81)102-69)105-74-63(96)68(55(88)47(37-79)101-74)108-72-60(93)57(90)53(86)45(35-77)99-72/h31,33,41,43-49,51-74,77-81,83,85-96H,5-30,32,34-40H2,1-4H3,(H,75,82)(H,76,84)/b33-31+/t41?,43-,44+,45?,46?,47?,48?,49?,51?,52+,53-,54-,55-,56?,57-,58+,59-,60?,61?,62?,63?,64+,65+,66+,67-,68-,69-,70+,71+,72+,73-,74-/m0/s1. The highest BCUT2D eigenvalue weighted by molar-refractivity contribution is 5.76. The number of hydrogen-bond donors (Lipinski definition) is 20. The van der Waals surface area contributed by atoms with Crippen molar-refractivity contribution < 1.29 is 158 Å². The van der Waals surface area contributed by atoms with Gasteiger partial charge in [-0.1, -0.05) is 180 Å². The smallest absolute Gasteiger partial charge is 0.220 e. The molecule has 6 aliphatic rings. The zero-order valence-electron chi connectivity index (χ0n) is 63.4. The first-order chi connectivity index (χ1) is 51.9. The fourth-order valence-electron chi connectivity index (χ4n) is 14.6. The predicted molar refractivity (Wildman–Crippen MR) is 381 cm³/mol. The van der Waals surface area contributed by atoms with E-state index >= 15 is 0 Å². The van der Waals surface area contributed by atoms with E-state index in [4.69, 9.17) is 56.8 Å². The van der Waals surface area contributed by atoms with Crippen molar-refractivity contribution in [1.82, 2.24) is 10.6 Å². The molecule has 0 bridgehead atoms. The van der Waals surface area contributed by atoms with Gasteiger partial charge in [0.2, 0.25) is 11.8 Å². The van der Waals surface area contributed by atoms with Gasteiger partial charge in [-0.05, 0) is 26.2 Å². The molecule has 0 radical (unpaired) electrons. The number of carbonyl (C=O) groups excluding carboxylic acids is 2. The van der Waals surface area contributed by atoms with E-state index < -0.39 is 242 Å².